The zero-order chi connectivity index (χ0) is 25.1. The summed E-state index contributed by atoms with van der Waals surface area (Å²) in [6.07, 6.45) is 3.56. The molecule has 0 spiro atoms. The van der Waals surface area contributed by atoms with Crippen molar-refractivity contribution in [2.75, 3.05) is 0 Å². The van der Waals surface area contributed by atoms with Gasteiger partial charge in [0.15, 0.2) is 5.82 Å². The molecule has 178 valence electrons. The number of furan rings is 1. The first-order valence-electron chi connectivity index (χ1n) is 12.7. The Morgan fingerprint density at radius 2 is 1.24 bits per heavy atom. The summed E-state index contributed by atoms with van der Waals surface area (Å²) in [7, 11) is 0. The largest absolute Gasteiger partial charge is 0.455 e. The van der Waals surface area contributed by atoms with E-state index < -0.39 is 0 Å². The van der Waals surface area contributed by atoms with Crippen LogP contribution in [0.3, 0.4) is 0 Å². The molecule has 0 aliphatic heterocycles. The van der Waals surface area contributed by atoms with Gasteiger partial charge in [-0.1, -0.05) is 54.6 Å². The highest BCUT2D eigenvalue weighted by Crippen LogP contribution is 2.42. The van der Waals surface area contributed by atoms with E-state index in [0.29, 0.717) is 5.82 Å². The van der Waals surface area contributed by atoms with Crippen molar-refractivity contribution in [3.8, 4) is 28.2 Å². The van der Waals surface area contributed by atoms with E-state index in [1.807, 2.05) is 18.2 Å². The third kappa shape index (κ3) is 3.10. The molecule has 0 aliphatic carbocycles. The summed E-state index contributed by atoms with van der Waals surface area (Å²) in [5.41, 5.74) is 8.46. The Bertz CT molecular complexity index is 2110. The molecule has 0 radical (unpaired) electrons. The summed E-state index contributed by atoms with van der Waals surface area (Å²) in [6, 6.07) is 40.1. The van der Waals surface area contributed by atoms with Crippen LogP contribution in [0.2, 0.25) is 0 Å². The van der Waals surface area contributed by atoms with Crippen LogP contribution in [-0.4, -0.2) is 14.5 Å². The van der Waals surface area contributed by atoms with Crippen LogP contribution >= 0.6 is 0 Å². The lowest BCUT2D eigenvalue weighted by Crippen LogP contribution is -1.93. The maximum atomic E-state index is 6.61. The molecule has 8 rings (SSSR count). The molecular formula is C34H21N3O. The van der Waals surface area contributed by atoms with Crippen molar-refractivity contribution in [2.24, 2.45) is 0 Å². The number of nitrogens with zero attached hydrogens (tertiary/aromatic N) is 3. The second-order valence-corrected chi connectivity index (χ2v) is 9.49. The maximum Gasteiger partial charge on any atom is 0.159 e. The van der Waals surface area contributed by atoms with Gasteiger partial charge in [0.05, 0.1) is 16.4 Å². The third-order valence-corrected chi connectivity index (χ3v) is 7.31. The number of rotatable bonds is 3. The Hall–Kier alpha value is -5.22. The summed E-state index contributed by atoms with van der Waals surface area (Å²) in [4.78, 5) is 8.99. The molecule has 38 heavy (non-hydrogen) atoms. The Balaban J connectivity index is 1.48. The molecule has 0 amide bonds. The highest BCUT2D eigenvalue weighted by Gasteiger charge is 2.20. The summed E-state index contributed by atoms with van der Waals surface area (Å²) in [5, 5.41) is 4.43. The van der Waals surface area contributed by atoms with Gasteiger partial charge in [-0.15, -0.1) is 0 Å². The Morgan fingerprint density at radius 1 is 0.526 bits per heavy atom. The summed E-state index contributed by atoms with van der Waals surface area (Å²) < 4.78 is 8.92. The molecule has 3 heterocycles. The van der Waals surface area contributed by atoms with Gasteiger partial charge >= 0.3 is 0 Å². The van der Waals surface area contributed by atoms with Crippen LogP contribution in [0, 0.1) is 0 Å². The molecule has 5 aromatic carbocycles. The van der Waals surface area contributed by atoms with Crippen molar-refractivity contribution in [1.29, 1.82) is 0 Å². The number of hydrogen-bond donors (Lipinski definition) is 0. The maximum absolute atomic E-state index is 6.61. The summed E-state index contributed by atoms with van der Waals surface area (Å²) in [6.45, 7) is 0. The van der Waals surface area contributed by atoms with Crippen molar-refractivity contribution in [1.82, 2.24) is 14.5 Å². The Labute approximate surface area is 218 Å². The van der Waals surface area contributed by atoms with E-state index in [1.54, 1.807) is 12.4 Å². The zero-order valence-corrected chi connectivity index (χ0v) is 20.4. The molecule has 0 fully saturated rings. The predicted octanol–water partition coefficient (Wildman–Crippen LogP) is 8.81. The number of fused-ring (bicyclic) bond motifs is 7. The van der Waals surface area contributed by atoms with Gasteiger partial charge in [0.25, 0.3) is 0 Å². The monoisotopic (exact) mass is 487 g/mol. The molecular weight excluding hydrogens is 466 g/mol. The molecule has 0 bridgehead atoms. The molecule has 0 N–H and O–H groups in total. The first-order chi connectivity index (χ1) is 18.8. The molecule has 0 aliphatic rings. The topological polar surface area (TPSA) is 43.9 Å². The van der Waals surface area contributed by atoms with Gasteiger partial charge in [0.2, 0.25) is 0 Å². The average Bonchev–Trinajstić information content (AvgIpc) is 3.53. The van der Waals surface area contributed by atoms with Gasteiger partial charge in [0.1, 0.15) is 11.2 Å². The Kier molecular flexibility index (Phi) is 4.49. The number of hydrogen-bond acceptors (Lipinski definition) is 3. The first kappa shape index (κ1) is 20.9. The van der Waals surface area contributed by atoms with Crippen LogP contribution in [0.4, 0.5) is 0 Å². The van der Waals surface area contributed by atoms with Crippen LogP contribution in [0.15, 0.2) is 132 Å². The second-order valence-electron chi connectivity index (χ2n) is 9.49. The normalized spacial score (nSPS) is 11.7. The molecule has 8 aromatic rings. The highest BCUT2D eigenvalue weighted by molar-refractivity contribution is 6.24. The minimum atomic E-state index is 0.708. The lowest BCUT2D eigenvalue weighted by Gasteiger charge is -2.07. The minimum absolute atomic E-state index is 0.708. The third-order valence-electron chi connectivity index (χ3n) is 7.31. The lowest BCUT2D eigenvalue weighted by molar-refractivity contribution is 0.673. The summed E-state index contributed by atoms with van der Waals surface area (Å²) >= 11 is 0. The molecule has 4 nitrogen and oxygen atoms in total. The lowest BCUT2D eigenvalue weighted by atomic mass is 10.0. The predicted molar refractivity (Wildman–Crippen MR) is 155 cm³/mol. The smallest absolute Gasteiger partial charge is 0.159 e. The van der Waals surface area contributed by atoms with E-state index in [2.05, 4.69) is 112 Å². The van der Waals surface area contributed by atoms with Crippen LogP contribution in [0.5, 0.6) is 0 Å². The van der Waals surface area contributed by atoms with E-state index in [0.717, 1.165) is 55.0 Å². The van der Waals surface area contributed by atoms with Crippen LogP contribution in [0.25, 0.3) is 71.9 Å². The minimum Gasteiger partial charge on any atom is -0.455 e. The number of aromatic nitrogens is 3. The SMILES string of the molecule is c1ccc(-c2ccc3oc4c(ccc5c4c4cc(-c6ncccn6)ccc4n5-c4ccccc4)c3c2)cc1. The molecule has 0 saturated carbocycles. The van der Waals surface area contributed by atoms with E-state index in [4.69, 9.17) is 4.42 Å². The second kappa shape index (κ2) is 8.15. The van der Waals surface area contributed by atoms with Gasteiger partial charge in [-0.3, -0.25) is 0 Å². The van der Waals surface area contributed by atoms with E-state index >= 15 is 0 Å². The van der Waals surface area contributed by atoms with E-state index in [9.17, 15) is 0 Å². The first-order valence-corrected chi connectivity index (χ1v) is 12.7. The fourth-order valence-corrected chi connectivity index (χ4v) is 5.59. The quantitative estimate of drug-likeness (QED) is 0.250. The molecule has 4 heteroatoms. The summed E-state index contributed by atoms with van der Waals surface area (Å²) in [5.74, 6) is 0.708. The molecule has 3 aromatic heterocycles. The highest BCUT2D eigenvalue weighted by atomic mass is 16.3. The standard InChI is InChI=1S/C34H21N3O/c1-3-8-22(9-4-1)23-13-17-31-27(20-23)26-14-16-30-32(33(26)38-31)28-21-24(34-35-18-7-19-36-34)12-15-29(28)37(30)25-10-5-2-6-11-25/h1-21H. The van der Waals surface area contributed by atoms with Crippen LogP contribution in [-0.2, 0) is 0 Å². The van der Waals surface area contributed by atoms with Crippen molar-refractivity contribution >= 4 is 43.7 Å². The van der Waals surface area contributed by atoms with Crippen molar-refractivity contribution < 1.29 is 4.42 Å². The van der Waals surface area contributed by atoms with Gasteiger partial charge in [-0.2, -0.15) is 0 Å². The van der Waals surface area contributed by atoms with Crippen LogP contribution in [0.1, 0.15) is 0 Å². The van der Waals surface area contributed by atoms with Gasteiger partial charge < -0.3 is 8.98 Å². The van der Waals surface area contributed by atoms with E-state index in [-0.39, 0.29) is 0 Å². The fourth-order valence-electron chi connectivity index (χ4n) is 5.59. The van der Waals surface area contributed by atoms with Crippen molar-refractivity contribution in [3.05, 3.63) is 128 Å². The number of para-hydroxylation sites is 1. The molecule has 0 atom stereocenters. The van der Waals surface area contributed by atoms with E-state index in [1.165, 1.54) is 11.1 Å². The van der Waals surface area contributed by atoms with Gasteiger partial charge in [-0.25, -0.2) is 9.97 Å². The van der Waals surface area contributed by atoms with Crippen molar-refractivity contribution in [3.63, 3.8) is 0 Å². The van der Waals surface area contributed by atoms with Crippen LogP contribution < -0.4 is 0 Å². The average molecular weight is 488 g/mol. The number of benzene rings is 5. The van der Waals surface area contributed by atoms with Gasteiger partial charge in [0, 0.05) is 39.8 Å². The molecule has 0 saturated heterocycles. The zero-order valence-electron chi connectivity index (χ0n) is 20.4. The molecule has 0 unspecified atom stereocenters. The Morgan fingerprint density at radius 3 is 2.05 bits per heavy atom. The fraction of sp³-hybridized carbons (Fsp3) is 0. The van der Waals surface area contributed by atoms with Crippen molar-refractivity contribution in [2.45, 2.75) is 0 Å². The van der Waals surface area contributed by atoms with Gasteiger partial charge in [-0.05, 0) is 71.8 Å².